The van der Waals surface area contributed by atoms with E-state index < -0.39 is 5.60 Å². The molecular formula is C16H27N3O2S. The second kappa shape index (κ2) is 7.42. The summed E-state index contributed by atoms with van der Waals surface area (Å²) in [6.45, 7) is 10.1. The van der Waals surface area contributed by atoms with E-state index in [9.17, 15) is 4.79 Å². The van der Waals surface area contributed by atoms with Crippen LogP contribution < -0.4 is 5.32 Å². The quantitative estimate of drug-likeness (QED) is 0.926. The van der Waals surface area contributed by atoms with Crippen LogP contribution in [0.25, 0.3) is 0 Å². The van der Waals surface area contributed by atoms with Crippen molar-refractivity contribution in [2.45, 2.75) is 65.1 Å². The molecule has 1 fully saturated rings. The highest BCUT2D eigenvalue weighted by Gasteiger charge is 2.25. The Kier molecular flexibility index (Phi) is 5.81. The van der Waals surface area contributed by atoms with Crippen LogP contribution in [0.15, 0.2) is 6.20 Å². The Morgan fingerprint density at radius 3 is 2.86 bits per heavy atom. The van der Waals surface area contributed by atoms with E-state index in [2.05, 4.69) is 17.2 Å². The third kappa shape index (κ3) is 5.57. The molecule has 0 saturated carbocycles. The first-order chi connectivity index (χ1) is 10.3. The summed E-state index contributed by atoms with van der Waals surface area (Å²) in [5.41, 5.74) is -0.427. The predicted molar refractivity (Wildman–Crippen MR) is 89.1 cm³/mol. The van der Waals surface area contributed by atoms with E-state index in [0.29, 0.717) is 6.04 Å². The summed E-state index contributed by atoms with van der Waals surface area (Å²) in [5, 5.41) is 4.70. The van der Waals surface area contributed by atoms with E-state index in [1.807, 2.05) is 31.9 Å². The summed E-state index contributed by atoms with van der Waals surface area (Å²) in [5.74, 6) is 0. The van der Waals surface area contributed by atoms with Crippen molar-refractivity contribution < 1.29 is 9.53 Å². The fraction of sp³-hybridized carbons (Fsp3) is 0.750. The minimum atomic E-state index is -0.427. The van der Waals surface area contributed by atoms with Crippen molar-refractivity contribution in [3.8, 4) is 0 Å². The summed E-state index contributed by atoms with van der Waals surface area (Å²) < 4.78 is 5.46. The Balaban J connectivity index is 1.78. The van der Waals surface area contributed by atoms with Gasteiger partial charge in [0.25, 0.3) is 0 Å². The Bertz CT molecular complexity index is 496. The highest BCUT2D eigenvalue weighted by Crippen LogP contribution is 2.17. The van der Waals surface area contributed by atoms with Crippen LogP contribution in [-0.4, -0.2) is 40.7 Å². The second-order valence-electron chi connectivity index (χ2n) is 6.84. The molecule has 1 amide bonds. The Labute approximate surface area is 137 Å². The molecule has 1 aliphatic rings. The number of likely N-dealkylation sites (tertiary alicyclic amines) is 1. The minimum absolute atomic E-state index is 0.191. The summed E-state index contributed by atoms with van der Waals surface area (Å²) in [6, 6.07) is 0.441. The highest BCUT2D eigenvalue weighted by atomic mass is 32.1. The van der Waals surface area contributed by atoms with Crippen molar-refractivity contribution in [2.24, 2.45) is 0 Å². The average Bonchev–Trinajstić information content (AvgIpc) is 2.69. The fourth-order valence-electron chi connectivity index (χ4n) is 2.52. The maximum atomic E-state index is 12.1. The van der Waals surface area contributed by atoms with Gasteiger partial charge in [0, 0.05) is 36.8 Å². The van der Waals surface area contributed by atoms with E-state index in [1.165, 1.54) is 4.88 Å². The first kappa shape index (κ1) is 17.2. The number of carbonyl (C=O) groups excluding carboxylic acids is 1. The van der Waals surface area contributed by atoms with Crippen LogP contribution in [0.2, 0.25) is 0 Å². The summed E-state index contributed by atoms with van der Waals surface area (Å²) in [7, 11) is 0. The molecule has 5 nitrogen and oxygen atoms in total. The number of hydrogen-bond acceptors (Lipinski definition) is 5. The lowest BCUT2D eigenvalue weighted by molar-refractivity contribution is 0.0256. The van der Waals surface area contributed by atoms with Crippen LogP contribution in [0.1, 0.15) is 49.9 Å². The molecule has 1 atom stereocenters. The van der Waals surface area contributed by atoms with Gasteiger partial charge < -0.3 is 15.0 Å². The molecular weight excluding hydrogens is 298 g/mol. The van der Waals surface area contributed by atoms with Crippen molar-refractivity contribution in [1.29, 1.82) is 0 Å². The molecule has 124 valence electrons. The number of ether oxygens (including phenoxy) is 1. The lowest BCUT2D eigenvalue weighted by Crippen LogP contribution is -2.38. The molecule has 0 aliphatic carbocycles. The number of thiazole rings is 1. The second-order valence-corrected chi connectivity index (χ2v) is 8.16. The molecule has 1 aromatic heterocycles. The molecule has 2 heterocycles. The zero-order valence-electron chi connectivity index (χ0n) is 14.0. The maximum absolute atomic E-state index is 12.1. The van der Waals surface area contributed by atoms with E-state index in [1.54, 1.807) is 11.3 Å². The van der Waals surface area contributed by atoms with E-state index in [4.69, 9.17) is 4.74 Å². The van der Waals surface area contributed by atoms with Gasteiger partial charge in [-0.1, -0.05) is 0 Å². The molecule has 0 radical (unpaired) electrons. The zero-order chi connectivity index (χ0) is 16.2. The molecule has 1 aromatic rings. The predicted octanol–water partition coefficient (Wildman–Crippen LogP) is 3.33. The fourth-order valence-corrected chi connectivity index (χ4v) is 3.26. The Morgan fingerprint density at radius 1 is 1.45 bits per heavy atom. The standard InChI is InChI=1S/C16H27N3O2S/c1-12-10-18-14(22-12)11-17-13-6-5-8-19(9-7-13)15(20)21-16(2,3)4/h10,13,17H,5-9,11H2,1-4H3/t13-/m0/s1. The molecule has 1 aliphatic heterocycles. The largest absolute Gasteiger partial charge is 0.444 e. The molecule has 22 heavy (non-hydrogen) atoms. The van der Waals surface area contributed by atoms with Crippen LogP contribution in [-0.2, 0) is 11.3 Å². The molecule has 1 saturated heterocycles. The third-order valence-electron chi connectivity index (χ3n) is 3.59. The molecule has 0 aromatic carbocycles. The first-order valence-corrected chi connectivity index (χ1v) is 8.78. The SMILES string of the molecule is Cc1cnc(CN[C@H]2CCCN(C(=O)OC(C)(C)C)CC2)s1. The molecule has 0 spiro atoms. The zero-order valence-corrected chi connectivity index (χ0v) is 14.8. The van der Waals surface area contributed by atoms with Crippen molar-refractivity contribution in [1.82, 2.24) is 15.2 Å². The van der Waals surface area contributed by atoms with Gasteiger partial charge >= 0.3 is 6.09 Å². The summed E-state index contributed by atoms with van der Waals surface area (Å²) >= 11 is 1.74. The average molecular weight is 325 g/mol. The van der Waals surface area contributed by atoms with E-state index in [-0.39, 0.29) is 6.09 Å². The van der Waals surface area contributed by atoms with Gasteiger partial charge in [-0.25, -0.2) is 9.78 Å². The normalized spacial score (nSPS) is 19.8. The van der Waals surface area contributed by atoms with Gasteiger partial charge in [0.15, 0.2) is 0 Å². The molecule has 0 bridgehead atoms. The van der Waals surface area contributed by atoms with Gasteiger partial charge in [0.05, 0.1) is 0 Å². The number of aromatic nitrogens is 1. The highest BCUT2D eigenvalue weighted by molar-refractivity contribution is 7.11. The van der Waals surface area contributed by atoms with Gasteiger partial charge in [0.1, 0.15) is 10.6 Å². The van der Waals surface area contributed by atoms with Crippen molar-refractivity contribution >= 4 is 17.4 Å². The van der Waals surface area contributed by atoms with Crippen molar-refractivity contribution in [3.05, 3.63) is 16.1 Å². The monoisotopic (exact) mass is 325 g/mol. The number of nitrogens with one attached hydrogen (secondary N) is 1. The van der Waals surface area contributed by atoms with Gasteiger partial charge in [-0.15, -0.1) is 11.3 Å². The lowest BCUT2D eigenvalue weighted by Gasteiger charge is -2.26. The van der Waals surface area contributed by atoms with Crippen molar-refractivity contribution in [2.75, 3.05) is 13.1 Å². The van der Waals surface area contributed by atoms with Crippen LogP contribution in [0.3, 0.4) is 0 Å². The van der Waals surface area contributed by atoms with Crippen LogP contribution >= 0.6 is 11.3 Å². The molecule has 2 rings (SSSR count). The smallest absolute Gasteiger partial charge is 0.410 e. The van der Waals surface area contributed by atoms with E-state index >= 15 is 0 Å². The molecule has 1 N–H and O–H groups in total. The van der Waals surface area contributed by atoms with Crippen LogP contribution in [0.5, 0.6) is 0 Å². The van der Waals surface area contributed by atoms with Crippen LogP contribution in [0.4, 0.5) is 4.79 Å². The Hall–Kier alpha value is -1.14. The number of aryl methyl sites for hydroxylation is 1. The number of amides is 1. The maximum Gasteiger partial charge on any atom is 0.410 e. The topological polar surface area (TPSA) is 54.5 Å². The summed E-state index contributed by atoms with van der Waals surface area (Å²) in [6.07, 6.45) is 4.78. The third-order valence-corrected chi connectivity index (χ3v) is 4.50. The van der Waals surface area contributed by atoms with Crippen molar-refractivity contribution in [3.63, 3.8) is 0 Å². The van der Waals surface area contributed by atoms with Gasteiger partial charge in [-0.05, 0) is 47.0 Å². The number of nitrogens with zero attached hydrogens (tertiary/aromatic N) is 2. The molecule has 0 unspecified atom stereocenters. The number of rotatable bonds is 3. The lowest BCUT2D eigenvalue weighted by atomic mass is 10.1. The van der Waals surface area contributed by atoms with Crippen LogP contribution in [0, 0.1) is 6.92 Å². The molecule has 6 heteroatoms. The summed E-state index contributed by atoms with van der Waals surface area (Å²) in [4.78, 5) is 19.6. The van der Waals surface area contributed by atoms with Gasteiger partial charge in [0.2, 0.25) is 0 Å². The van der Waals surface area contributed by atoms with Gasteiger partial charge in [-0.2, -0.15) is 0 Å². The first-order valence-electron chi connectivity index (χ1n) is 7.96. The van der Waals surface area contributed by atoms with E-state index in [0.717, 1.165) is 43.9 Å². The number of hydrogen-bond donors (Lipinski definition) is 1. The van der Waals surface area contributed by atoms with Gasteiger partial charge in [-0.3, -0.25) is 0 Å². The number of carbonyl (C=O) groups is 1. The minimum Gasteiger partial charge on any atom is -0.444 e. The Morgan fingerprint density at radius 2 is 2.23 bits per heavy atom.